The molecule has 1 aromatic carbocycles. The molecule has 0 spiro atoms. The number of hydrazone groups is 1. The molecule has 3 N–H and O–H groups in total. The molecular weight excluding hydrogens is 304 g/mol. The third kappa shape index (κ3) is 4.80. The fourth-order valence-corrected chi connectivity index (χ4v) is 1.46. The van der Waals surface area contributed by atoms with Crippen LogP contribution in [0.1, 0.15) is 5.56 Å². The van der Waals surface area contributed by atoms with Gasteiger partial charge in [0.2, 0.25) is 0 Å². The molecule has 0 amide bonds. The first kappa shape index (κ1) is 13.4. The second-order valence-electron chi connectivity index (χ2n) is 2.86. The number of benzene rings is 1. The van der Waals surface area contributed by atoms with Crippen LogP contribution in [0.15, 0.2) is 27.8 Å². The van der Waals surface area contributed by atoms with Gasteiger partial charge in [-0.3, -0.25) is 5.43 Å². The summed E-state index contributed by atoms with van der Waals surface area (Å²) in [6.45, 7) is -0.0226. The Balaban J connectivity index is 2.87. The molecule has 0 atom stereocenters. The molecule has 0 aliphatic rings. The highest BCUT2D eigenvalue weighted by molar-refractivity contribution is 9.10. The van der Waals surface area contributed by atoms with E-state index in [1.54, 1.807) is 12.1 Å². The maximum absolute atomic E-state index is 8.46. The van der Waals surface area contributed by atoms with E-state index in [4.69, 9.17) is 15.7 Å². The van der Waals surface area contributed by atoms with Crippen molar-refractivity contribution in [3.63, 3.8) is 0 Å². The molecule has 0 saturated carbocycles. The Kier molecular flexibility index (Phi) is 5.39. The molecule has 0 heterocycles. The van der Waals surface area contributed by atoms with Crippen LogP contribution < -0.4 is 15.9 Å². The first-order chi connectivity index (χ1) is 8.13. The molecule has 0 unspecified atom stereocenters. The predicted octanol–water partition coefficient (Wildman–Crippen LogP) is 1.52. The summed E-state index contributed by atoms with van der Waals surface area (Å²) in [5.74, 6) is 0.559. The van der Waals surface area contributed by atoms with E-state index in [1.165, 1.54) is 6.21 Å². The quantitative estimate of drug-likeness (QED) is 0.500. The summed E-state index contributed by atoms with van der Waals surface area (Å²) >= 11 is 7.94. The Labute approximate surface area is 112 Å². The second kappa shape index (κ2) is 6.83. The van der Waals surface area contributed by atoms with Gasteiger partial charge in [0, 0.05) is 10.0 Å². The first-order valence-electron chi connectivity index (χ1n) is 4.51. The van der Waals surface area contributed by atoms with E-state index in [9.17, 15) is 0 Å². The summed E-state index contributed by atoms with van der Waals surface area (Å²) in [6.07, 6.45) is 1.51. The highest BCUT2D eigenvalue weighted by Crippen LogP contribution is 2.21. The van der Waals surface area contributed by atoms with Crippen molar-refractivity contribution in [2.24, 2.45) is 10.8 Å². The average Bonchev–Trinajstić information content (AvgIpc) is 2.27. The van der Waals surface area contributed by atoms with Crippen LogP contribution in [-0.4, -0.2) is 17.9 Å². The lowest BCUT2D eigenvalue weighted by Gasteiger charge is -2.06. The molecule has 17 heavy (non-hydrogen) atoms. The first-order valence-corrected chi connectivity index (χ1v) is 5.71. The van der Waals surface area contributed by atoms with E-state index in [0.717, 1.165) is 4.47 Å². The number of rotatable bonds is 4. The molecule has 0 aliphatic carbocycles. The van der Waals surface area contributed by atoms with E-state index in [2.05, 4.69) is 38.7 Å². The van der Waals surface area contributed by atoms with Gasteiger partial charge in [0.05, 0.1) is 6.21 Å². The van der Waals surface area contributed by atoms with E-state index < -0.39 is 0 Å². The third-order valence-corrected chi connectivity index (χ3v) is 2.23. The molecule has 0 aromatic heterocycles. The lowest BCUT2D eigenvalue weighted by molar-refractivity contribution is 0.367. The van der Waals surface area contributed by atoms with Crippen molar-refractivity contribution in [1.82, 2.24) is 5.43 Å². The van der Waals surface area contributed by atoms with Gasteiger partial charge in [-0.1, -0.05) is 15.9 Å². The molecule has 1 aromatic rings. The Morgan fingerprint density at radius 1 is 1.71 bits per heavy atom. The fourth-order valence-electron chi connectivity index (χ4n) is 1.03. The average molecular weight is 313 g/mol. The Bertz CT molecular complexity index is 484. The summed E-state index contributed by atoms with van der Waals surface area (Å²) < 4.78 is 6.11. The van der Waals surface area contributed by atoms with Crippen molar-refractivity contribution in [2.45, 2.75) is 0 Å². The zero-order valence-corrected chi connectivity index (χ0v) is 11.1. The summed E-state index contributed by atoms with van der Waals surface area (Å²) in [5.41, 5.74) is 8.37. The zero-order valence-electron chi connectivity index (χ0n) is 8.68. The van der Waals surface area contributed by atoms with Gasteiger partial charge in [-0.15, -0.1) is 0 Å². The van der Waals surface area contributed by atoms with Crippen LogP contribution in [0.5, 0.6) is 5.75 Å². The normalized spacial score (nSPS) is 9.88. The van der Waals surface area contributed by atoms with Crippen LogP contribution in [-0.2, 0) is 0 Å². The number of nitriles is 1. The monoisotopic (exact) mass is 312 g/mol. The fraction of sp³-hybridized carbons (Fsp3) is 0.100. The highest BCUT2D eigenvalue weighted by atomic mass is 79.9. The maximum atomic E-state index is 8.46. The van der Waals surface area contributed by atoms with Crippen LogP contribution >= 0.6 is 28.1 Å². The molecule has 0 radical (unpaired) electrons. The van der Waals surface area contributed by atoms with Gasteiger partial charge in [-0.25, -0.2) is 0 Å². The van der Waals surface area contributed by atoms with Crippen LogP contribution in [0.2, 0.25) is 0 Å². The van der Waals surface area contributed by atoms with E-state index >= 15 is 0 Å². The number of hydrogen-bond donors (Lipinski definition) is 2. The van der Waals surface area contributed by atoms with Crippen LogP contribution in [0, 0.1) is 11.3 Å². The van der Waals surface area contributed by atoms with Crippen molar-refractivity contribution in [3.8, 4) is 11.8 Å². The number of nitrogens with one attached hydrogen (secondary N) is 1. The summed E-state index contributed by atoms with van der Waals surface area (Å²) in [6, 6.07) is 7.25. The number of thiocarbonyl (C=S) groups is 1. The van der Waals surface area contributed by atoms with Gasteiger partial charge in [0.25, 0.3) is 0 Å². The standard InChI is InChI=1S/C10H9BrN4OS/c11-8-1-2-9(16-4-3-12)7(5-8)6-14-15-10(13)17/h1-2,5-6H,4H2,(H3,13,15,17)/b14-6+. The predicted molar refractivity (Wildman–Crippen MR) is 72.8 cm³/mol. The van der Waals surface area contributed by atoms with Gasteiger partial charge in [-0.2, -0.15) is 10.4 Å². The van der Waals surface area contributed by atoms with Crippen molar-refractivity contribution in [2.75, 3.05) is 6.61 Å². The Morgan fingerprint density at radius 3 is 3.12 bits per heavy atom. The van der Waals surface area contributed by atoms with E-state index in [1.807, 2.05) is 12.1 Å². The van der Waals surface area contributed by atoms with Crippen LogP contribution in [0.25, 0.3) is 0 Å². The molecule has 5 nitrogen and oxygen atoms in total. The van der Waals surface area contributed by atoms with Crippen molar-refractivity contribution in [1.29, 1.82) is 5.26 Å². The van der Waals surface area contributed by atoms with E-state index in [-0.39, 0.29) is 11.7 Å². The van der Waals surface area contributed by atoms with Gasteiger partial charge >= 0.3 is 0 Å². The second-order valence-corrected chi connectivity index (χ2v) is 4.22. The molecule has 0 bridgehead atoms. The lowest BCUT2D eigenvalue weighted by atomic mass is 10.2. The van der Waals surface area contributed by atoms with Crippen LogP contribution in [0.3, 0.4) is 0 Å². The van der Waals surface area contributed by atoms with Gasteiger partial charge < -0.3 is 10.5 Å². The number of nitrogens with zero attached hydrogens (tertiary/aromatic N) is 2. The molecule has 0 aliphatic heterocycles. The smallest absolute Gasteiger partial charge is 0.184 e. The minimum atomic E-state index is -0.0226. The molecule has 88 valence electrons. The summed E-state index contributed by atoms with van der Waals surface area (Å²) in [5, 5.41) is 12.4. The van der Waals surface area contributed by atoms with Gasteiger partial charge in [0.15, 0.2) is 11.7 Å². The van der Waals surface area contributed by atoms with Crippen LogP contribution in [0.4, 0.5) is 0 Å². The maximum Gasteiger partial charge on any atom is 0.184 e. The molecular formula is C10H9BrN4OS. The van der Waals surface area contributed by atoms with Crippen molar-refractivity contribution in [3.05, 3.63) is 28.2 Å². The SMILES string of the molecule is N#CCOc1ccc(Br)cc1/C=N/NC(N)=S. The van der Waals surface area contributed by atoms with Crippen molar-refractivity contribution >= 4 is 39.5 Å². The highest BCUT2D eigenvalue weighted by Gasteiger charge is 2.02. The number of ether oxygens (including phenoxy) is 1. The van der Waals surface area contributed by atoms with Gasteiger partial charge in [-0.05, 0) is 30.4 Å². The summed E-state index contributed by atoms with van der Waals surface area (Å²) in [4.78, 5) is 0. The number of nitrogens with two attached hydrogens (primary N) is 1. The molecule has 1 rings (SSSR count). The van der Waals surface area contributed by atoms with Gasteiger partial charge in [0.1, 0.15) is 11.8 Å². The third-order valence-electron chi connectivity index (χ3n) is 1.64. The molecule has 7 heteroatoms. The largest absolute Gasteiger partial charge is 0.478 e. The number of halogens is 1. The summed E-state index contributed by atoms with van der Waals surface area (Å²) in [7, 11) is 0. The Morgan fingerprint density at radius 2 is 2.47 bits per heavy atom. The minimum Gasteiger partial charge on any atom is -0.478 e. The molecule has 0 saturated heterocycles. The molecule has 0 fully saturated rings. The number of hydrogen-bond acceptors (Lipinski definition) is 4. The topological polar surface area (TPSA) is 83.4 Å². The lowest BCUT2D eigenvalue weighted by Crippen LogP contribution is -2.24. The zero-order chi connectivity index (χ0) is 12.7. The Hall–Kier alpha value is -1.65. The van der Waals surface area contributed by atoms with E-state index in [0.29, 0.717) is 11.3 Å². The van der Waals surface area contributed by atoms with Crippen molar-refractivity contribution < 1.29 is 4.74 Å². The minimum absolute atomic E-state index is 0.0226.